The number of rotatable bonds is 6. The molecule has 0 spiro atoms. The Bertz CT molecular complexity index is 560. The molecule has 1 aromatic carbocycles. The van der Waals surface area contributed by atoms with Crippen molar-refractivity contribution in [1.82, 2.24) is 14.9 Å². The molecule has 0 bridgehead atoms. The van der Waals surface area contributed by atoms with Crippen LogP contribution in [0.1, 0.15) is 11.4 Å². The number of nitrogens with two attached hydrogens (primary N) is 1. The summed E-state index contributed by atoms with van der Waals surface area (Å²) in [7, 11) is 0. The summed E-state index contributed by atoms with van der Waals surface area (Å²) >= 11 is 0. The van der Waals surface area contributed by atoms with E-state index < -0.39 is 6.04 Å². The van der Waals surface area contributed by atoms with Gasteiger partial charge in [-0.1, -0.05) is 30.3 Å². The molecule has 0 unspecified atom stereocenters. The molecule has 2 aromatic rings. The Labute approximate surface area is 143 Å². The summed E-state index contributed by atoms with van der Waals surface area (Å²) in [5.74, 6) is 0.819. The maximum Gasteiger partial charge on any atom is 0.237 e. The third-order valence-corrected chi connectivity index (χ3v) is 3.21. The van der Waals surface area contributed by atoms with E-state index in [2.05, 4.69) is 10.3 Å². The fraction of sp³-hybridized carbons (Fsp3) is 0.333. The van der Waals surface area contributed by atoms with Crippen molar-refractivity contribution in [2.24, 2.45) is 5.73 Å². The van der Waals surface area contributed by atoms with Crippen molar-refractivity contribution in [3.63, 3.8) is 0 Å². The maximum absolute atomic E-state index is 11.9. The second-order valence-electron chi connectivity index (χ2n) is 4.76. The highest BCUT2D eigenvalue weighted by Gasteiger charge is 2.13. The number of amides is 1. The Morgan fingerprint density at radius 1 is 1.32 bits per heavy atom. The summed E-state index contributed by atoms with van der Waals surface area (Å²) in [5.41, 5.74) is 6.98. The van der Waals surface area contributed by atoms with E-state index in [1.54, 1.807) is 6.20 Å². The number of nitrogens with zero attached hydrogens (tertiary/aromatic N) is 2. The van der Waals surface area contributed by atoms with E-state index in [9.17, 15) is 4.79 Å². The lowest BCUT2D eigenvalue weighted by atomic mass is 10.1. The smallest absolute Gasteiger partial charge is 0.237 e. The van der Waals surface area contributed by atoms with Crippen molar-refractivity contribution in [1.29, 1.82) is 0 Å². The zero-order chi connectivity index (χ0) is 14.4. The third-order valence-electron chi connectivity index (χ3n) is 3.21. The number of carbonyl (C=O) groups excluding carboxylic acids is 1. The minimum absolute atomic E-state index is 0. The second-order valence-corrected chi connectivity index (χ2v) is 4.76. The van der Waals surface area contributed by atoms with Crippen LogP contribution in [-0.4, -0.2) is 28.0 Å². The predicted molar refractivity (Wildman–Crippen MR) is 92.6 cm³/mol. The highest BCUT2D eigenvalue weighted by Crippen LogP contribution is 2.01. The van der Waals surface area contributed by atoms with E-state index in [4.69, 9.17) is 5.73 Å². The van der Waals surface area contributed by atoms with Crippen LogP contribution in [0.25, 0.3) is 0 Å². The molecule has 0 aliphatic rings. The van der Waals surface area contributed by atoms with Gasteiger partial charge < -0.3 is 15.6 Å². The van der Waals surface area contributed by atoms with Crippen molar-refractivity contribution < 1.29 is 4.79 Å². The molecule has 1 amide bonds. The molecule has 0 radical (unpaired) electrons. The van der Waals surface area contributed by atoms with Crippen LogP contribution in [0.3, 0.4) is 0 Å². The van der Waals surface area contributed by atoms with Crippen molar-refractivity contribution in [3.05, 3.63) is 54.1 Å². The molecule has 1 aromatic heterocycles. The highest BCUT2D eigenvalue weighted by atomic mass is 35.5. The number of nitrogens with one attached hydrogen (secondary N) is 1. The lowest BCUT2D eigenvalue weighted by Crippen LogP contribution is -2.43. The Balaban J connectivity index is 0.00000220. The third kappa shape index (κ3) is 6.05. The first-order valence-corrected chi connectivity index (χ1v) is 6.72. The van der Waals surface area contributed by atoms with E-state index in [0.717, 1.165) is 11.4 Å². The fourth-order valence-corrected chi connectivity index (χ4v) is 2.03. The molecule has 0 aliphatic heterocycles. The van der Waals surface area contributed by atoms with Gasteiger partial charge in [-0.05, 0) is 18.9 Å². The molecular formula is C15H22Cl2N4O. The summed E-state index contributed by atoms with van der Waals surface area (Å²) in [6.07, 6.45) is 4.19. The Morgan fingerprint density at radius 2 is 2.00 bits per heavy atom. The number of hydrogen-bond donors (Lipinski definition) is 2. The molecule has 0 fully saturated rings. The largest absolute Gasteiger partial charge is 0.353 e. The van der Waals surface area contributed by atoms with Gasteiger partial charge in [-0.3, -0.25) is 4.79 Å². The van der Waals surface area contributed by atoms with E-state index in [1.165, 1.54) is 0 Å². The SMILES string of the molecule is Cc1nccn1CCNC(=O)[C@@H](N)Cc1ccccc1.Cl.Cl. The number of aromatic nitrogens is 2. The summed E-state index contributed by atoms with van der Waals surface area (Å²) in [4.78, 5) is 16.0. The average molecular weight is 345 g/mol. The summed E-state index contributed by atoms with van der Waals surface area (Å²) in [6.45, 7) is 3.19. The predicted octanol–water partition coefficient (Wildman–Crippen LogP) is 1.72. The number of benzene rings is 1. The van der Waals surface area contributed by atoms with Crippen LogP contribution in [-0.2, 0) is 17.8 Å². The highest BCUT2D eigenvalue weighted by molar-refractivity contribution is 5.85. The first kappa shape index (κ1) is 20.4. The van der Waals surface area contributed by atoms with E-state index in [0.29, 0.717) is 19.5 Å². The lowest BCUT2D eigenvalue weighted by molar-refractivity contribution is -0.122. The number of carbonyl (C=O) groups is 1. The van der Waals surface area contributed by atoms with Gasteiger partial charge in [0.25, 0.3) is 0 Å². The van der Waals surface area contributed by atoms with Crippen LogP contribution in [0.2, 0.25) is 0 Å². The topological polar surface area (TPSA) is 72.9 Å². The number of imidazole rings is 1. The van der Waals surface area contributed by atoms with E-state index >= 15 is 0 Å². The summed E-state index contributed by atoms with van der Waals surface area (Å²) in [6, 6.07) is 9.28. The number of hydrogen-bond acceptors (Lipinski definition) is 3. The molecule has 1 atom stereocenters. The van der Waals surface area contributed by atoms with Crippen LogP contribution in [0.5, 0.6) is 0 Å². The quantitative estimate of drug-likeness (QED) is 0.837. The molecule has 3 N–H and O–H groups in total. The van der Waals surface area contributed by atoms with Crippen molar-refractivity contribution in [2.45, 2.75) is 25.9 Å². The monoisotopic (exact) mass is 344 g/mol. The second kappa shape index (κ2) is 10.2. The average Bonchev–Trinajstić information content (AvgIpc) is 2.85. The molecule has 1 heterocycles. The van der Waals surface area contributed by atoms with Crippen LogP contribution < -0.4 is 11.1 Å². The van der Waals surface area contributed by atoms with Gasteiger partial charge >= 0.3 is 0 Å². The first-order valence-electron chi connectivity index (χ1n) is 6.72. The summed E-state index contributed by atoms with van der Waals surface area (Å²) < 4.78 is 1.99. The molecule has 0 saturated heterocycles. The normalized spacial score (nSPS) is 11.0. The fourth-order valence-electron chi connectivity index (χ4n) is 2.03. The molecule has 7 heteroatoms. The number of aryl methyl sites for hydroxylation is 1. The molecule has 122 valence electrons. The van der Waals surface area contributed by atoms with Gasteiger partial charge in [-0.25, -0.2) is 4.98 Å². The zero-order valence-corrected chi connectivity index (χ0v) is 14.1. The van der Waals surface area contributed by atoms with Gasteiger partial charge in [0.15, 0.2) is 0 Å². The van der Waals surface area contributed by atoms with Crippen molar-refractivity contribution in [3.8, 4) is 0 Å². The number of halogens is 2. The Morgan fingerprint density at radius 3 is 2.59 bits per heavy atom. The molecule has 5 nitrogen and oxygen atoms in total. The minimum Gasteiger partial charge on any atom is -0.353 e. The van der Waals surface area contributed by atoms with Gasteiger partial charge in [-0.2, -0.15) is 0 Å². The molecule has 0 aliphatic carbocycles. The zero-order valence-electron chi connectivity index (χ0n) is 12.4. The van der Waals surface area contributed by atoms with Crippen LogP contribution in [0.15, 0.2) is 42.7 Å². The van der Waals surface area contributed by atoms with Crippen molar-refractivity contribution >= 4 is 30.7 Å². The van der Waals surface area contributed by atoms with Crippen LogP contribution in [0, 0.1) is 6.92 Å². The molecule has 0 saturated carbocycles. The van der Waals surface area contributed by atoms with Crippen LogP contribution >= 0.6 is 24.8 Å². The standard InChI is InChI=1S/C15H20N4O.2ClH/c1-12-17-7-9-19(12)10-8-18-15(20)14(16)11-13-5-3-2-4-6-13;;/h2-7,9,14H,8,10-11,16H2,1H3,(H,18,20);2*1H/t14-;;/m0../s1. The summed E-state index contributed by atoms with van der Waals surface area (Å²) in [5, 5.41) is 2.86. The van der Waals surface area contributed by atoms with E-state index in [1.807, 2.05) is 48.0 Å². The van der Waals surface area contributed by atoms with Gasteiger partial charge in [0.2, 0.25) is 5.91 Å². The van der Waals surface area contributed by atoms with Gasteiger partial charge in [0.1, 0.15) is 5.82 Å². The van der Waals surface area contributed by atoms with Gasteiger partial charge in [0.05, 0.1) is 6.04 Å². The molecular weight excluding hydrogens is 323 g/mol. The lowest BCUT2D eigenvalue weighted by Gasteiger charge is -2.13. The van der Waals surface area contributed by atoms with Crippen LogP contribution in [0.4, 0.5) is 0 Å². The van der Waals surface area contributed by atoms with Gasteiger partial charge in [0, 0.05) is 25.5 Å². The van der Waals surface area contributed by atoms with E-state index in [-0.39, 0.29) is 30.7 Å². The molecule has 2 rings (SSSR count). The Kier molecular flexibility index (Phi) is 9.49. The first-order chi connectivity index (χ1) is 9.66. The van der Waals surface area contributed by atoms with Crippen molar-refractivity contribution in [2.75, 3.05) is 6.54 Å². The minimum atomic E-state index is -0.513. The maximum atomic E-state index is 11.9. The Hall–Kier alpha value is -1.56. The molecule has 22 heavy (non-hydrogen) atoms. The van der Waals surface area contributed by atoms with Gasteiger partial charge in [-0.15, -0.1) is 24.8 Å².